The first-order chi connectivity index (χ1) is 9.47. The highest BCUT2D eigenvalue weighted by atomic mass is 35.5. The molecule has 0 saturated carbocycles. The average molecular weight is 298 g/mol. The van der Waals surface area contributed by atoms with Crippen molar-refractivity contribution in [2.24, 2.45) is 0 Å². The van der Waals surface area contributed by atoms with Crippen LogP contribution in [0.4, 0.5) is 10.5 Å². The second kappa shape index (κ2) is 7.33. The number of nitrogens with zero attached hydrogens (tertiary/aromatic N) is 1. The zero-order valence-electron chi connectivity index (χ0n) is 10.3. The molecular weight excluding hydrogens is 286 g/mol. The molecule has 0 bridgehead atoms. The number of amides is 2. The highest BCUT2D eigenvalue weighted by molar-refractivity contribution is 6.33. The lowest BCUT2D eigenvalue weighted by atomic mass is 10.2. The summed E-state index contributed by atoms with van der Waals surface area (Å²) in [6, 6.07) is 4.18. The lowest BCUT2D eigenvalue weighted by Crippen LogP contribution is -2.43. The maximum Gasteiger partial charge on any atom is 0.326 e. The summed E-state index contributed by atoms with van der Waals surface area (Å²) in [5.74, 6) is -1.26. The number of aliphatic hydroxyl groups is 1. The quantitative estimate of drug-likeness (QED) is 0.649. The van der Waals surface area contributed by atoms with Crippen molar-refractivity contribution in [2.75, 3.05) is 11.9 Å². The van der Waals surface area contributed by atoms with E-state index in [1.54, 1.807) is 0 Å². The standard InChI is InChI=1S/C12H12ClN3O4/c13-8-2-1-7(6-14)5-10(8)16-12(20)15-9(3-4-17)11(18)19/h1-2,5,9,17H,3-4H2,(H,18,19)(H2,15,16,20)/t9-/m0/s1. The number of nitrogens with one attached hydrogen (secondary N) is 2. The fraction of sp³-hybridized carbons (Fsp3) is 0.250. The number of carbonyl (C=O) groups excluding carboxylic acids is 1. The van der Waals surface area contributed by atoms with E-state index in [1.807, 2.05) is 6.07 Å². The second-order valence-corrected chi connectivity index (χ2v) is 4.22. The van der Waals surface area contributed by atoms with Gasteiger partial charge in [-0.25, -0.2) is 9.59 Å². The van der Waals surface area contributed by atoms with Crippen molar-refractivity contribution >= 4 is 29.3 Å². The van der Waals surface area contributed by atoms with Gasteiger partial charge in [-0.15, -0.1) is 0 Å². The second-order valence-electron chi connectivity index (χ2n) is 3.81. The number of carboxylic acids is 1. The van der Waals surface area contributed by atoms with Crippen LogP contribution in [0.2, 0.25) is 5.02 Å². The molecule has 0 unspecified atom stereocenters. The van der Waals surface area contributed by atoms with Crippen LogP contribution in [0.25, 0.3) is 0 Å². The van der Waals surface area contributed by atoms with E-state index in [0.717, 1.165) is 0 Å². The molecule has 0 aliphatic carbocycles. The van der Waals surface area contributed by atoms with Crippen LogP contribution in [-0.2, 0) is 4.79 Å². The van der Waals surface area contributed by atoms with Gasteiger partial charge in [-0.05, 0) is 18.2 Å². The predicted octanol–water partition coefficient (Wildman–Crippen LogP) is 1.17. The van der Waals surface area contributed by atoms with Gasteiger partial charge in [0.1, 0.15) is 6.04 Å². The Bertz CT molecular complexity index is 556. The Balaban J connectivity index is 2.75. The van der Waals surface area contributed by atoms with Crippen LogP contribution in [0.3, 0.4) is 0 Å². The number of rotatable bonds is 5. The number of nitriles is 1. The van der Waals surface area contributed by atoms with Gasteiger partial charge in [0, 0.05) is 13.0 Å². The van der Waals surface area contributed by atoms with Crippen LogP contribution in [0.15, 0.2) is 18.2 Å². The molecule has 0 aromatic heterocycles. The summed E-state index contributed by atoms with van der Waals surface area (Å²) in [4.78, 5) is 22.5. The van der Waals surface area contributed by atoms with Crippen molar-refractivity contribution in [3.8, 4) is 6.07 Å². The molecule has 2 amide bonds. The van der Waals surface area contributed by atoms with Gasteiger partial charge in [0.25, 0.3) is 0 Å². The number of hydrogen-bond acceptors (Lipinski definition) is 4. The number of aliphatic carboxylic acids is 1. The van der Waals surface area contributed by atoms with Crippen molar-refractivity contribution in [3.05, 3.63) is 28.8 Å². The van der Waals surface area contributed by atoms with E-state index in [2.05, 4.69) is 10.6 Å². The van der Waals surface area contributed by atoms with E-state index < -0.39 is 18.0 Å². The molecule has 1 atom stereocenters. The molecule has 8 heteroatoms. The molecule has 4 N–H and O–H groups in total. The van der Waals surface area contributed by atoms with Crippen molar-refractivity contribution in [3.63, 3.8) is 0 Å². The number of anilines is 1. The lowest BCUT2D eigenvalue weighted by molar-refractivity contribution is -0.139. The van der Waals surface area contributed by atoms with E-state index in [-0.39, 0.29) is 23.7 Å². The van der Waals surface area contributed by atoms with Gasteiger partial charge in [-0.2, -0.15) is 5.26 Å². The highest BCUT2D eigenvalue weighted by Gasteiger charge is 2.19. The van der Waals surface area contributed by atoms with Gasteiger partial charge < -0.3 is 20.8 Å². The number of halogens is 1. The van der Waals surface area contributed by atoms with Crippen LogP contribution in [0.5, 0.6) is 0 Å². The number of aliphatic hydroxyl groups excluding tert-OH is 1. The Morgan fingerprint density at radius 2 is 2.15 bits per heavy atom. The molecule has 0 aliphatic rings. The lowest BCUT2D eigenvalue weighted by Gasteiger charge is -2.14. The Morgan fingerprint density at radius 3 is 2.70 bits per heavy atom. The Labute approximate surface area is 119 Å². The van der Waals surface area contributed by atoms with E-state index >= 15 is 0 Å². The van der Waals surface area contributed by atoms with Gasteiger partial charge >= 0.3 is 12.0 Å². The van der Waals surface area contributed by atoms with E-state index in [9.17, 15) is 9.59 Å². The van der Waals surface area contributed by atoms with Crippen LogP contribution in [-0.4, -0.2) is 34.9 Å². The molecule has 0 radical (unpaired) electrons. The number of urea groups is 1. The summed E-state index contributed by atoms with van der Waals surface area (Å²) in [6.45, 7) is -0.373. The summed E-state index contributed by atoms with van der Waals surface area (Å²) < 4.78 is 0. The molecule has 0 fully saturated rings. The van der Waals surface area contributed by atoms with E-state index in [0.29, 0.717) is 5.56 Å². The minimum Gasteiger partial charge on any atom is -0.480 e. The summed E-state index contributed by atoms with van der Waals surface area (Å²) in [5.41, 5.74) is 0.492. The van der Waals surface area contributed by atoms with Gasteiger partial charge in [0.05, 0.1) is 22.3 Å². The third-order valence-corrected chi connectivity index (χ3v) is 2.69. The molecule has 1 rings (SSSR count). The molecule has 106 valence electrons. The average Bonchev–Trinajstić information content (AvgIpc) is 2.40. The largest absolute Gasteiger partial charge is 0.480 e. The van der Waals surface area contributed by atoms with Crippen LogP contribution in [0, 0.1) is 11.3 Å². The number of benzene rings is 1. The minimum absolute atomic E-state index is 0.116. The molecule has 1 aromatic carbocycles. The molecule has 0 heterocycles. The molecule has 0 aliphatic heterocycles. The van der Waals surface area contributed by atoms with Crippen LogP contribution < -0.4 is 10.6 Å². The molecule has 7 nitrogen and oxygen atoms in total. The summed E-state index contributed by atoms with van der Waals surface area (Å²) >= 11 is 5.85. The zero-order valence-corrected chi connectivity index (χ0v) is 11.0. The van der Waals surface area contributed by atoms with Crippen molar-refractivity contribution < 1.29 is 19.8 Å². The third-order valence-electron chi connectivity index (χ3n) is 2.36. The Hall–Kier alpha value is -2.30. The summed E-state index contributed by atoms with van der Waals surface area (Å²) in [7, 11) is 0. The third kappa shape index (κ3) is 4.42. The Kier molecular flexibility index (Phi) is 5.77. The molecule has 0 spiro atoms. The molecule has 20 heavy (non-hydrogen) atoms. The maximum atomic E-state index is 11.6. The van der Waals surface area contributed by atoms with Crippen LogP contribution >= 0.6 is 11.6 Å². The van der Waals surface area contributed by atoms with Crippen molar-refractivity contribution in [1.82, 2.24) is 5.32 Å². The number of hydrogen-bond donors (Lipinski definition) is 4. The SMILES string of the molecule is N#Cc1ccc(Cl)c(NC(=O)N[C@@H](CCO)C(=O)O)c1. The number of carboxylic acid groups (broad SMARTS) is 1. The summed E-state index contributed by atoms with van der Waals surface area (Å²) in [5, 5.41) is 31.0. The summed E-state index contributed by atoms with van der Waals surface area (Å²) in [6.07, 6.45) is -0.116. The van der Waals surface area contributed by atoms with Gasteiger partial charge in [-0.3, -0.25) is 0 Å². The van der Waals surface area contributed by atoms with E-state index in [4.69, 9.17) is 27.1 Å². The molecule has 0 saturated heterocycles. The first-order valence-corrected chi connectivity index (χ1v) is 5.96. The van der Waals surface area contributed by atoms with E-state index in [1.165, 1.54) is 18.2 Å². The maximum absolute atomic E-state index is 11.6. The smallest absolute Gasteiger partial charge is 0.326 e. The fourth-order valence-corrected chi connectivity index (χ4v) is 1.56. The molecule has 1 aromatic rings. The van der Waals surface area contributed by atoms with Crippen molar-refractivity contribution in [2.45, 2.75) is 12.5 Å². The van der Waals surface area contributed by atoms with Crippen LogP contribution in [0.1, 0.15) is 12.0 Å². The zero-order chi connectivity index (χ0) is 15.1. The predicted molar refractivity (Wildman–Crippen MR) is 71.4 cm³/mol. The monoisotopic (exact) mass is 297 g/mol. The normalized spacial score (nSPS) is 11.2. The fourth-order valence-electron chi connectivity index (χ4n) is 1.39. The van der Waals surface area contributed by atoms with Gasteiger partial charge in [-0.1, -0.05) is 11.6 Å². The van der Waals surface area contributed by atoms with Crippen molar-refractivity contribution in [1.29, 1.82) is 5.26 Å². The molecular formula is C12H12ClN3O4. The number of carbonyl (C=O) groups is 2. The van der Waals surface area contributed by atoms with Gasteiger partial charge in [0.15, 0.2) is 0 Å². The topological polar surface area (TPSA) is 122 Å². The first-order valence-electron chi connectivity index (χ1n) is 5.58. The van der Waals surface area contributed by atoms with Gasteiger partial charge in [0.2, 0.25) is 0 Å². The minimum atomic E-state index is -1.26. The Morgan fingerprint density at radius 1 is 1.45 bits per heavy atom. The first kappa shape index (κ1) is 15.8. The highest BCUT2D eigenvalue weighted by Crippen LogP contribution is 2.22.